The maximum atomic E-state index is 13.3. The van der Waals surface area contributed by atoms with Crippen LogP contribution in [-0.2, 0) is 6.54 Å². The van der Waals surface area contributed by atoms with Gasteiger partial charge < -0.3 is 9.67 Å². The maximum Gasteiger partial charge on any atom is 0.335 e. The molecule has 0 aliphatic rings. The van der Waals surface area contributed by atoms with E-state index in [2.05, 4.69) is 4.98 Å². The van der Waals surface area contributed by atoms with Crippen LogP contribution in [0, 0.1) is 5.82 Å². The van der Waals surface area contributed by atoms with Crippen molar-refractivity contribution >= 4 is 40.2 Å². The SMILES string of the molecule is O=C(O)c1ccc2c(c1)nc(-c1ccc(Cl)c(Cl)c1)n2Cc1ccc(F)cc1. The molecule has 28 heavy (non-hydrogen) atoms. The highest BCUT2D eigenvalue weighted by Crippen LogP contribution is 2.31. The molecule has 4 aromatic rings. The van der Waals surface area contributed by atoms with Crippen molar-refractivity contribution < 1.29 is 14.3 Å². The number of nitrogens with zero attached hydrogens (tertiary/aromatic N) is 2. The first kappa shape index (κ1) is 18.5. The third-order valence-corrected chi connectivity index (χ3v) is 5.17. The Bertz CT molecular complexity index is 1200. The van der Waals surface area contributed by atoms with Crippen molar-refractivity contribution in [3.63, 3.8) is 0 Å². The summed E-state index contributed by atoms with van der Waals surface area (Å²) in [6, 6.07) is 16.2. The van der Waals surface area contributed by atoms with Crippen LogP contribution in [0.3, 0.4) is 0 Å². The van der Waals surface area contributed by atoms with Crippen LogP contribution in [0.15, 0.2) is 60.7 Å². The van der Waals surface area contributed by atoms with Crippen LogP contribution in [0.4, 0.5) is 4.39 Å². The Labute approximate surface area is 169 Å². The minimum absolute atomic E-state index is 0.152. The summed E-state index contributed by atoms with van der Waals surface area (Å²) in [5, 5.41) is 10.1. The van der Waals surface area contributed by atoms with Gasteiger partial charge in [0.25, 0.3) is 0 Å². The smallest absolute Gasteiger partial charge is 0.335 e. The summed E-state index contributed by atoms with van der Waals surface area (Å²) in [4.78, 5) is 15.9. The summed E-state index contributed by atoms with van der Waals surface area (Å²) in [7, 11) is 0. The molecule has 1 aromatic heterocycles. The normalized spacial score (nSPS) is 11.1. The molecule has 0 radical (unpaired) electrons. The van der Waals surface area contributed by atoms with Crippen LogP contribution in [0.2, 0.25) is 10.0 Å². The van der Waals surface area contributed by atoms with Crippen LogP contribution in [0.25, 0.3) is 22.4 Å². The van der Waals surface area contributed by atoms with Crippen molar-refractivity contribution in [1.82, 2.24) is 9.55 Å². The van der Waals surface area contributed by atoms with Crippen molar-refractivity contribution in [2.75, 3.05) is 0 Å². The molecule has 7 heteroatoms. The lowest BCUT2D eigenvalue weighted by atomic mass is 10.1. The second kappa shape index (κ2) is 7.26. The number of imidazole rings is 1. The number of hydrogen-bond donors (Lipinski definition) is 1. The van der Waals surface area contributed by atoms with Crippen LogP contribution < -0.4 is 0 Å². The second-order valence-electron chi connectivity index (χ2n) is 6.29. The molecule has 0 bridgehead atoms. The number of carboxylic acid groups (broad SMARTS) is 1. The monoisotopic (exact) mass is 414 g/mol. The predicted octanol–water partition coefficient (Wildman–Crippen LogP) is 5.90. The van der Waals surface area contributed by atoms with Gasteiger partial charge in [-0.3, -0.25) is 0 Å². The van der Waals surface area contributed by atoms with Gasteiger partial charge in [-0.25, -0.2) is 14.2 Å². The molecule has 0 aliphatic heterocycles. The van der Waals surface area contributed by atoms with Crippen molar-refractivity contribution in [1.29, 1.82) is 0 Å². The molecule has 1 N–H and O–H groups in total. The number of aromatic carboxylic acids is 1. The first-order valence-corrected chi connectivity index (χ1v) is 9.11. The number of aromatic nitrogens is 2. The molecule has 140 valence electrons. The van der Waals surface area contributed by atoms with Crippen LogP contribution in [0.1, 0.15) is 15.9 Å². The molecule has 4 nitrogen and oxygen atoms in total. The Morgan fingerprint density at radius 1 is 1.00 bits per heavy atom. The van der Waals surface area contributed by atoms with Gasteiger partial charge >= 0.3 is 5.97 Å². The fourth-order valence-corrected chi connectivity index (χ4v) is 3.35. The Morgan fingerprint density at radius 3 is 2.43 bits per heavy atom. The van der Waals surface area contributed by atoms with Gasteiger partial charge in [0.15, 0.2) is 0 Å². The molecular weight excluding hydrogens is 402 g/mol. The zero-order valence-corrected chi connectivity index (χ0v) is 15.9. The highest BCUT2D eigenvalue weighted by atomic mass is 35.5. The molecular formula is C21H13Cl2FN2O2. The van der Waals surface area contributed by atoms with E-state index in [0.717, 1.165) is 16.6 Å². The van der Waals surface area contributed by atoms with E-state index in [1.807, 2.05) is 4.57 Å². The maximum absolute atomic E-state index is 13.3. The zero-order valence-electron chi connectivity index (χ0n) is 14.4. The molecule has 0 aliphatic carbocycles. The number of carbonyl (C=O) groups is 1. The molecule has 0 unspecified atom stereocenters. The molecule has 0 fully saturated rings. The van der Waals surface area contributed by atoms with E-state index in [9.17, 15) is 14.3 Å². The lowest BCUT2D eigenvalue weighted by Gasteiger charge is -2.10. The number of halogens is 3. The number of fused-ring (bicyclic) bond motifs is 1. The number of carboxylic acids is 1. The number of benzene rings is 3. The van der Waals surface area contributed by atoms with Gasteiger partial charge in [0.2, 0.25) is 0 Å². The quantitative estimate of drug-likeness (QED) is 0.452. The van der Waals surface area contributed by atoms with Crippen molar-refractivity contribution in [3.05, 3.63) is 87.7 Å². The first-order chi connectivity index (χ1) is 13.4. The van der Waals surface area contributed by atoms with E-state index in [-0.39, 0.29) is 11.4 Å². The molecule has 0 atom stereocenters. The molecule has 4 rings (SSSR count). The fraction of sp³-hybridized carbons (Fsp3) is 0.0476. The fourth-order valence-electron chi connectivity index (χ4n) is 3.05. The van der Waals surface area contributed by atoms with Gasteiger partial charge in [-0.2, -0.15) is 0 Å². The summed E-state index contributed by atoms with van der Waals surface area (Å²) in [6.45, 7) is 0.429. The standard InChI is InChI=1S/C21H13Cl2FN2O2/c22-16-7-3-13(9-17(16)23)20-25-18-10-14(21(27)28)4-8-19(18)26(20)11-12-1-5-15(24)6-2-12/h1-10H,11H2,(H,27,28). The third kappa shape index (κ3) is 3.46. The van der Waals surface area contributed by atoms with Crippen molar-refractivity contribution in [2.24, 2.45) is 0 Å². The average Bonchev–Trinajstić information content (AvgIpc) is 3.03. The van der Waals surface area contributed by atoms with Crippen LogP contribution >= 0.6 is 23.2 Å². The summed E-state index contributed by atoms with van der Waals surface area (Å²) in [6.07, 6.45) is 0. The topological polar surface area (TPSA) is 55.1 Å². The molecule has 3 aromatic carbocycles. The highest BCUT2D eigenvalue weighted by Gasteiger charge is 2.16. The van der Waals surface area contributed by atoms with E-state index in [0.29, 0.717) is 27.9 Å². The number of hydrogen-bond acceptors (Lipinski definition) is 2. The van der Waals surface area contributed by atoms with Gasteiger partial charge in [-0.1, -0.05) is 35.3 Å². The van der Waals surface area contributed by atoms with E-state index in [4.69, 9.17) is 23.2 Å². The van der Waals surface area contributed by atoms with E-state index in [1.54, 1.807) is 36.4 Å². The molecule has 0 saturated carbocycles. The van der Waals surface area contributed by atoms with Crippen molar-refractivity contribution in [2.45, 2.75) is 6.54 Å². The Kier molecular flexibility index (Phi) is 4.79. The minimum Gasteiger partial charge on any atom is -0.478 e. The Morgan fingerprint density at radius 2 is 1.75 bits per heavy atom. The van der Waals surface area contributed by atoms with E-state index in [1.165, 1.54) is 24.3 Å². The zero-order chi connectivity index (χ0) is 19.8. The second-order valence-corrected chi connectivity index (χ2v) is 7.10. The van der Waals surface area contributed by atoms with Gasteiger partial charge in [0, 0.05) is 12.1 Å². The van der Waals surface area contributed by atoms with Gasteiger partial charge in [0.05, 0.1) is 26.6 Å². The summed E-state index contributed by atoms with van der Waals surface area (Å²) >= 11 is 12.2. The Balaban J connectivity index is 1.91. The molecule has 1 heterocycles. The highest BCUT2D eigenvalue weighted by molar-refractivity contribution is 6.42. The number of rotatable bonds is 4. The Hall–Kier alpha value is -2.89. The molecule has 0 amide bonds. The average molecular weight is 415 g/mol. The first-order valence-electron chi connectivity index (χ1n) is 8.36. The molecule has 0 spiro atoms. The van der Waals surface area contributed by atoms with Gasteiger partial charge in [0.1, 0.15) is 11.6 Å². The lowest BCUT2D eigenvalue weighted by Crippen LogP contribution is -2.03. The van der Waals surface area contributed by atoms with Gasteiger partial charge in [-0.15, -0.1) is 0 Å². The third-order valence-electron chi connectivity index (χ3n) is 4.43. The van der Waals surface area contributed by atoms with Gasteiger partial charge in [-0.05, 0) is 54.1 Å². The molecule has 0 saturated heterocycles. The van der Waals surface area contributed by atoms with Crippen molar-refractivity contribution in [3.8, 4) is 11.4 Å². The largest absolute Gasteiger partial charge is 0.478 e. The summed E-state index contributed by atoms with van der Waals surface area (Å²) in [5.74, 6) is -0.721. The minimum atomic E-state index is -1.02. The van der Waals surface area contributed by atoms with E-state index < -0.39 is 5.97 Å². The summed E-state index contributed by atoms with van der Waals surface area (Å²) < 4.78 is 15.2. The lowest BCUT2D eigenvalue weighted by molar-refractivity contribution is 0.0697. The van der Waals surface area contributed by atoms with E-state index >= 15 is 0 Å². The predicted molar refractivity (Wildman–Crippen MR) is 108 cm³/mol. The summed E-state index contributed by atoms with van der Waals surface area (Å²) in [5.41, 5.74) is 3.08. The van der Waals surface area contributed by atoms with Crippen LogP contribution in [0.5, 0.6) is 0 Å². The van der Waals surface area contributed by atoms with Crippen LogP contribution in [-0.4, -0.2) is 20.6 Å².